The first kappa shape index (κ1) is 18.0. The summed E-state index contributed by atoms with van der Waals surface area (Å²) in [6, 6.07) is 14.9. The minimum atomic E-state index is -0.172. The van der Waals surface area contributed by atoms with E-state index in [9.17, 15) is 4.79 Å². The number of hydrogen-bond acceptors (Lipinski definition) is 5. The SMILES string of the molecule is COc1cccc(C(=O)Nc2cccc(C(C)Sc3nncn3C)c2)c1. The quantitative estimate of drug-likeness (QED) is 0.668. The monoisotopic (exact) mass is 368 g/mol. The van der Waals surface area contributed by atoms with Crippen molar-refractivity contribution in [2.24, 2.45) is 7.05 Å². The molecule has 0 saturated heterocycles. The molecule has 26 heavy (non-hydrogen) atoms. The van der Waals surface area contributed by atoms with Crippen molar-refractivity contribution in [3.63, 3.8) is 0 Å². The molecule has 1 unspecified atom stereocenters. The number of hydrogen-bond donors (Lipinski definition) is 1. The van der Waals surface area contributed by atoms with Crippen molar-refractivity contribution >= 4 is 23.4 Å². The lowest BCUT2D eigenvalue weighted by molar-refractivity contribution is 0.102. The number of thioether (sulfide) groups is 1. The van der Waals surface area contributed by atoms with Crippen molar-refractivity contribution in [2.75, 3.05) is 12.4 Å². The summed E-state index contributed by atoms with van der Waals surface area (Å²) in [5.74, 6) is 0.481. The van der Waals surface area contributed by atoms with Crippen molar-refractivity contribution in [1.29, 1.82) is 0 Å². The lowest BCUT2D eigenvalue weighted by Gasteiger charge is -2.13. The van der Waals surface area contributed by atoms with Crippen molar-refractivity contribution < 1.29 is 9.53 Å². The molecule has 134 valence electrons. The fourth-order valence-corrected chi connectivity index (χ4v) is 3.35. The summed E-state index contributed by atoms with van der Waals surface area (Å²) in [5.41, 5.74) is 2.40. The highest BCUT2D eigenvalue weighted by Crippen LogP contribution is 2.34. The Kier molecular flexibility index (Phi) is 5.58. The van der Waals surface area contributed by atoms with E-state index in [1.54, 1.807) is 43.4 Å². The predicted octanol–water partition coefficient (Wildman–Crippen LogP) is 3.93. The topological polar surface area (TPSA) is 69.0 Å². The molecule has 1 aromatic heterocycles. The van der Waals surface area contributed by atoms with Gasteiger partial charge in [0.25, 0.3) is 5.91 Å². The lowest BCUT2D eigenvalue weighted by Crippen LogP contribution is -2.12. The van der Waals surface area contributed by atoms with Crippen molar-refractivity contribution in [2.45, 2.75) is 17.3 Å². The number of rotatable bonds is 6. The Labute approximate surface area is 156 Å². The maximum atomic E-state index is 12.5. The number of ether oxygens (including phenoxy) is 1. The third-order valence-electron chi connectivity index (χ3n) is 3.90. The highest BCUT2D eigenvalue weighted by molar-refractivity contribution is 7.99. The van der Waals surface area contributed by atoms with E-state index in [1.807, 2.05) is 41.9 Å². The standard InChI is InChI=1S/C19H20N4O2S/c1-13(26-19-22-20-12-23(19)2)14-6-4-8-16(10-14)21-18(24)15-7-5-9-17(11-15)25-3/h4-13H,1-3H3,(H,21,24). The van der Waals surface area contributed by atoms with Gasteiger partial charge in [0, 0.05) is 23.5 Å². The third kappa shape index (κ3) is 4.23. The largest absolute Gasteiger partial charge is 0.497 e. The summed E-state index contributed by atoms with van der Waals surface area (Å²) >= 11 is 1.62. The van der Waals surface area contributed by atoms with Gasteiger partial charge in [-0.3, -0.25) is 4.79 Å². The van der Waals surface area contributed by atoms with Crippen LogP contribution in [0.1, 0.15) is 28.1 Å². The van der Waals surface area contributed by atoms with Gasteiger partial charge in [0.05, 0.1) is 7.11 Å². The minimum absolute atomic E-state index is 0.172. The zero-order valence-electron chi connectivity index (χ0n) is 14.8. The molecule has 3 rings (SSSR count). The fraction of sp³-hybridized carbons (Fsp3) is 0.211. The molecule has 1 amide bonds. The predicted molar refractivity (Wildman–Crippen MR) is 103 cm³/mol. The molecular formula is C19H20N4O2S. The Hall–Kier alpha value is -2.80. The number of carbonyl (C=O) groups excluding carboxylic acids is 1. The fourth-order valence-electron chi connectivity index (χ4n) is 2.44. The number of carbonyl (C=O) groups is 1. The van der Waals surface area contributed by atoms with E-state index < -0.39 is 0 Å². The van der Waals surface area contributed by atoms with Crippen molar-refractivity contribution in [3.05, 3.63) is 66.0 Å². The number of anilines is 1. The van der Waals surface area contributed by atoms with E-state index >= 15 is 0 Å². The summed E-state index contributed by atoms with van der Waals surface area (Å²) < 4.78 is 7.05. The molecule has 6 nitrogen and oxygen atoms in total. The molecule has 0 radical (unpaired) electrons. The first-order valence-corrected chi connectivity index (χ1v) is 9.01. The van der Waals surface area contributed by atoms with Crippen LogP contribution in [0.3, 0.4) is 0 Å². The average molecular weight is 368 g/mol. The second-order valence-electron chi connectivity index (χ2n) is 5.80. The molecule has 3 aromatic rings. The van der Waals surface area contributed by atoms with Crippen LogP contribution in [0.4, 0.5) is 5.69 Å². The second-order valence-corrected chi connectivity index (χ2v) is 7.10. The number of benzene rings is 2. The van der Waals surface area contributed by atoms with Gasteiger partial charge in [-0.2, -0.15) is 0 Å². The number of aryl methyl sites for hydroxylation is 1. The first-order valence-electron chi connectivity index (χ1n) is 8.13. The molecular weight excluding hydrogens is 348 g/mol. The van der Waals surface area contributed by atoms with E-state index in [4.69, 9.17) is 4.74 Å². The Morgan fingerprint density at radius 1 is 1.23 bits per heavy atom. The number of methoxy groups -OCH3 is 1. The van der Waals surface area contributed by atoms with Crippen LogP contribution in [0.25, 0.3) is 0 Å². The molecule has 0 fully saturated rings. The molecule has 0 aliphatic rings. The molecule has 0 aliphatic heterocycles. The van der Waals surface area contributed by atoms with Gasteiger partial charge in [0.15, 0.2) is 5.16 Å². The summed E-state index contributed by atoms with van der Waals surface area (Å²) in [4.78, 5) is 12.5. The normalized spacial score (nSPS) is 11.8. The summed E-state index contributed by atoms with van der Waals surface area (Å²) in [5, 5.41) is 12.0. The molecule has 0 bridgehead atoms. The molecule has 1 N–H and O–H groups in total. The van der Waals surface area contributed by atoms with E-state index in [2.05, 4.69) is 22.4 Å². The van der Waals surface area contributed by atoms with Crippen LogP contribution in [0, 0.1) is 0 Å². The van der Waals surface area contributed by atoms with Crippen LogP contribution in [0.15, 0.2) is 60.0 Å². The van der Waals surface area contributed by atoms with Crippen LogP contribution >= 0.6 is 11.8 Å². The van der Waals surface area contributed by atoms with Gasteiger partial charge in [0.1, 0.15) is 12.1 Å². The second kappa shape index (κ2) is 8.05. The zero-order chi connectivity index (χ0) is 18.5. The van der Waals surface area contributed by atoms with E-state index in [0.717, 1.165) is 16.4 Å². The van der Waals surface area contributed by atoms with Crippen molar-refractivity contribution in [1.82, 2.24) is 14.8 Å². The number of nitrogens with one attached hydrogen (secondary N) is 1. The molecule has 0 saturated carbocycles. The van der Waals surface area contributed by atoms with Gasteiger partial charge in [-0.05, 0) is 42.8 Å². The minimum Gasteiger partial charge on any atom is -0.497 e. The smallest absolute Gasteiger partial charge is 0.255 e. The molecule has 0 aliphatic carbocycles. The highest BCUT2D eigenvalue weighted by atomic mass is 32.2. The van der Waals surface area contributed by atoms with Gasteiger partial charge in [0.2, 0.25) is 0 Å². The lowest BCUT2D eigenvalue weighted by atomic mass is 10.1. The Morgan fingerprint density at radius 2 is 2.04 bits per heavy atom. The van der Waals surface area contributed by atoms with Crippen LogP contribution in [-0.2, 0) is 7.05 Å². The summed E-state index contributed by atoms with van der Waals surface area (Å²) in [6.07, 6.45) is 1.68. The summed E-state index contributed by atoms with van der Waals surface area (Å²) in [7, 11) is 3.50. The maximum Gasteiger partial charge on any atom is 0.255 e. The van der Waals surface area contributed by atoms with Gasteiger partial charge < -0.3 is 14.6 Å². The Balaban J connectivity index is 1.72. The molecule has 1 atom stereocenters. The highest BCUT2D eigenvalue weighted by Gasteiger charge is 2.13. The van der Waals surface area contributed by atoms with Crippen molar-refractivity contribution in [3.8, 4) is 5.75 Å². The van der Waals surface area contributed by atoms with Crippen LogP contribution in [0.2, 0.25) is 0 Å². The van der Waals surface area contributed by atoms with Crippen LogP contribution < -0.4 is 10.1 Å². The van der Waals surface area contributed by atoms with Gasteiger partial charge in [-0.1, -0.05) is 30.0 Å². The average Bonchev–Trinajstić information content (AvgIpc) is 3.06. The third-order valence-corrected chi connectivity index (χ3v) is 5.10. The number of amides is 1. The van der Waals surface area contributed by atoms with Gasteiger partial charge in [-0.15, -0.1) is 10.2 Å². The van der Waals surface area contributed by atoms with E-state index in [0.29, 0.717) is 11.3 Å². The van der Waals surface area contributed by atoms with E-state index in [-0.39, 0.29) is 11.2 Å². The molecule has 2 aromatic carbocycles. The number of aromatic nitrogens is 3. The number of nitrogens with zero attached hydrogens (tertiary/aromatic N) is 3. The maximum absolute atomic E-state index is 12.5. The van der Waals surface area contributed by atoms with Gasteiger partial charge in [-0.25, -0.2) is 0 Å². The summed E-state index contributed by atoms with van der Waals surface area (Å²) in [6.45, 7) is 2.10. The van der Waals surface area contributed by atoms with Crippen LogP contribution in [0.5, 0.6) is 5.75 Å². The van der Waals surface area contributed by atoms with Gasteiger partial charge >= 0.3 is 0 Å². The Bertz CT molecular complexity index is 910. The van der Waals surface area contributed by atoms with E-state index in [1.165, 1.54) is 0 Å². The first-order chi connectivity index (χ1) is 12.6. The molecule has 7 heteroatoms. The van der Waals surface area contributed by atoms with Crippen LogP contribution in [-0.4, -0.2) is 27.8 Å². The molecule has 0 spiro atoms. The Morgan fingerprint density at radius 3 is 2.77 bits per heavy atom. The molecule has 1 heterocycles. The zero-order valence-corrected chi connectivity index (χ0v) is 15.7.